The van der Waals surface area contributed by atoms with Crippen LogP contribution in [0.3, 0.4) is 0 Å². The first kappa shape index (κ1) is 19.2. The molecule has 0 unspecified atom stereocenters. The number of likely N-dealkylation sites (tertiary alicyclic amines) is 2. The summed E-state index contributed by atoms with van der Waals surface area (Å²) in [5.41, 5.74) is 0. The van der Waals surface area contributed by atoms with Crippen LogP contribution in [-0.2, 0) is 9.59 Å². The fourth-order valence-electron chi connectivity index (χ4n) is 3.54. The maximum Gasteiger partial charge on any atom is 0.309 e. The van der Waals surface area contributed by atoms with Gasteiger partial charge in [-0.3, -0.25) is 9.59 Å². The van der Waals surface area contributed by atoms with Gasteiger partial charge in [0.1, 0.15) is 0 Å². The average Bonchev–Trinajstić information content (AvgIpc) is 2.99. The first-order valence-electron chi connectivity index (χ1n) is 9.76. The average molecular weight is 338 g/mol. The van der Waals surface area contributed by atoms with Crippen molar-refractivity contribution in [2.45, 2.75) is 51.4 Å². The van der Waals surface area contributed by atoms with E-state index in [9.17, 15) is 9.59 Å². The molecule has 0 aromatic carbocycles. The zero-order valence-electron chi connectivity index (χ0n) is 15.0. The molecule has 0 aromatic rings. The van der Waals surface area contributed by atoms with Crippen LogP contribution < -0.4 is 10.6 Å². The molecule has 0 aromatic heterocycles. The molecule has 2 N–H and O–H groups in total. The van der Waals surface area contributed by atoms with Gasteiger partial charge in [-0.15, -0.1) is 0 Å². The van der Waals surface area contributed by atoms with E-state index in [1.807, 2.05) is 0 Å². The molecule has 2 heterocycles. The van der Waals surface area contributed by atoms with Crippen LogP contribution in [0.15, 0.2) is 0 Å². The van der Waals surface area contributed by atoms with Crippen molar-refractivity contribution >= 4 is 11.8 Å². The summed E-state index contributed by atoms with van der Waals surface area (Å²) in [6.07, 6.45) is 10.2. The molecule has 0 atom stereocenters. The molecule has 138 valence electrons. The Balaban J connectivity index is 1.53. The van der Waals surface area contributed by atoms with Crippen LogP contribution in [0.1, 0.15) is 51.4 Å². The second kappa shape index (κ2) is 11.4. The summed E-state index contributed by atoms with van der Waals surface area (Å²) in [7, 11) is 0. The predicted molar refractivity (Wildman–Crippen MR) is 95.8 cm³/mol. The molecule has 2 rings (SSSR count). The highest BCUT2D eigenvalue weighted by atomic mass is 16.2. The molecule has 24 heavy (non-hydrogen) atoms. The van der Waals surface area contributed by atoms with Gasteiger partial charge in [0.2, 0.25) is 0 Å². The van der Waals surface area contributed by atoms with Crippen molar-refractivity contribution in [3.05, 3.63) is 0 Å². The Bertz CT molecular complexity index is 337. The normalized spacial score (nSPS) is 20.8. The lowest BCUT2D eigenvalue weighted by Crippen LogP contribution is -2.45. The van der Waals surface area contributed by atoms with Gasteiger partial charge in [-0.25, -0.2) is 0 Å². The zero-order chi connectivity index (χ0) is 17.0. The Kier molecular flexibility index (Phi) is 9.13. The van der Waals surface area contributed by atoms with Crippen molar-refractivity contribution in [3.63, 3.8) is 0 Å². The number of nitrogens with zero attached hydrogens (tertiary/aromatic N) is 2. The summed E-state index contributed by atoms with van der Waals surface area (Å²) in [5.74, 6) is -0.999. The third-order valence-electron chi connectivity index (χ3n) is 5.03. The maximum absolute atomic E-state index is 11.8. The van der Waals surface area contributed by atoms with Crippen LogP contribution in [-0.4, -0.2) is 74.0 Å². The minimum atomic E-state index is -0.499. The van der Waals surface area contributed by atoms with Crippen molar-refractivity contribution < 1.29 is 9.59 Å². The summed E-state index contributed by atoms with van der Waals surface area (Å²) < 4.78 is 0. The van der Waals surface area contributed by atoms with Crippen molar-refractivity contribution in [1.29, 1.82) is 0 Å². The van der Waals surface area contributed by atoms with Gasteiger partial charge >= 0.3 is 11.8 Å². The number of amides is 2. The number of carbonyl (C=O) groups excluding carboxylic acids is 2. The number of carbonyl (C=O) groups is 2. The van der Waals surface area contributed by atoms with Gasteiger partial charge in [0.15, 0.2) is 0 Å². The fraction of sp³-hybridized carbons (Fsp3) is 0.889. The van der Waals surface area contributed by atoms with E-state index in [4.69, 9.17) is 0 Å². The van der Waals surface area contributed by atoms with Crippen molar-refractivity contribution in [2.24, 2.45) is 0 Å². The van der Waals surface area contributed by atoms with E-state index in [1.165, 1.54) is 51.4 Å². The number of hydrogen-bond acceptors (Lipinski definition) is 4. The van der Waals surface area contributed by atoms with Gasteiger partial charge in [0, 0.05) is 26.2 Å². The molecule has 2 aliphatic heterocycles. The molecule has 0 radical (unpaired) electrons. The van der Waals surface area contributed by atoms with Crippen LogP contribution in [0.25, 0.3) is 0 Å². The van der Waals surface area contributed by atoms with E-state index >= 15 is 0 Å². The lowest BCUT2D eigenvalue weighted by molar-refractivity contribution is -0.139. The van der Waals surface area contributed by atoms with E-state index < -0.39 is 11.8 Å². The Morgan fingerprint density at radius 2 is 0.917 bits per heavy atom. The molecule has 2 fully saturated rings. The highest BCUT2D eigenvalue weighted by Gasteiger charge is 2.15. The highest BCUT2D eigenvalue weighted by molar-refractivity contribution is 6.35. The van der Waals surface area contributed by atoms with E-state index in [-0.39, 0.29) is 0 Å². The van der Waals surface area contributed by atoms with E-state index in [0.717, 1.165) is 39.3 Å². The van der Waals surface area contributed by atoms with Crippen LogP contribution in [0.2, 0.25) is 0 Å². The number of nitrogens with one attached hydrogen (secondary N) is 2. The molecule has 0 spiro atoms. The number of rotatable bonds is 6. The SMILES string of the molecule is O=C(NCCN1CCCCCC1)C(=O)NCCN1CCCCCC1. The lowest BCUT2D eigenvalue weighted by Gasteiger charge is -2.20. The molecule has 2 amide bonds. The largest absolute Gasteiger partial charge is 0.347 e. The number of hydrogen-bond donors (Lipinski definition) is 2. The van der Waals surface area contributed by atoms with Crippen LogP contribution in [0, 0.1) is 0 Å². The molecule has 2 aliphatic rings. The summed E-state index contributed by atoms with van der Waals surface area (Å²) in [6, 6.07) is 0. The van der Waals surface area contributed by atoms with Gasteiger partial charge in [0.05, 0.1) is 0 Å². The Morgan fingerprint density at radius 3 is 1.25 bits per heavy atom. The van der Waals surface area contributed by atoms with Gasteiger partial charge in [-0.1, -0.05) is 25.7 Å². The third kappa shape index (κ3) is 7.62. The van der Waals surface area contributed by atoms with Crippen molar-refractivity contribution in [1.82, 2.24) is 20.4 Å². The molecule has 0 bridgehead atoms. The Hall–Kier alpha value is -1.14. The Labute approximate surface area is 146 Å². The van der Waals surface area contributed by atoms with Crippen molar-refractivity contribution in [3.8, 4) is 0 Å². The quantitative estimate of drug-likeness (QED) is 0.709. The standard InChI is InChI=1S/C18H34N4O2/c23-17(19-9-15-21-11-5-1-2-6-12-21)18(24)20-10-16-22-13-7-3-4-8-14-22/h1-16H2,(H,19,23)(H,20,24). The minimum absolute atomic E-state index is 0.499. The molecule has 0 saturated carbocycles. The molecule has 6 nitrogen and oxygen atoms in total. The second-order valence-corrected chi connectivity index (χ2v) is 7.02. The smallest absolute Gasteiger partial charge is 0.309 e. The first-order valence-corrected chi connectivity index (χ1v) is 9.76. The minimum Gasteiger partial charge on any atom is -0.347 e. The molecule has 2 saturated heterocycles. The molecule has 0 aliphatic carbocycles. The fourth-order valence-corrected chi connectivity index (χ4v) is 3.54. The first-order chi connectivity index (χ1) is 11.8. The summed E-state index contributed by atoms with van der Waals surface area (Å²) in [6.45, 7) is 7.22. The predicted octanol–water partition coefficient (Wildman–Crippen LogP) is 0.971. The second-order valence-electron chi connectivity index (χ2n) is 7.02. The van der Waals surface area contributed by atoms with Crippen LogP contribution in [0.4, 0.5) is 0 Å². The molecule has 6 heteroatoms. The lowest BCUT2D eigenvalue weighted by atomic mass is 10.2. The maximum atomic E-state index is 11.8. The van der Waals surface area contributed by atoms with Crippen LogP contribution >= 0.6 is 0 Å². The van der Waals surface area contributed by atoms with Gasteiger partial charge in [-0.05, 0) is 51.9 Å². The van der Waals surface area contributed by atoms with Crippen LogP contribution in [0.5, 0.6) is 0 Å². The van der Waals surface area contributed by atoms with Gasteiger partial charge < -0.3 is 20.4 Å². The van der Waals surface area contributed by atoms with Gasteiger partial charge in [-0.2, -0.15) is 0 Å². The Morgan fingerprint density at radius 1 is 0.583 bits per heavy atom. The van der Waals surface area contributed by atoms with E-state index in [1.54, 1.807) is 0 Å². The highest BCUT2D eigenvalue weighted by Crippen LogP contribution is 2.09. The van der Waals surface area contributed by atoms with Crippen molar-refractivity contribution in [2.75, 3.05) is 52.4 Å². The van der Waals surface area contributed by atoms with E-state index in [0.29, 0.717) is 13.1 Å². The van der Waals surface area contributed by atoms with Gasteiger partial charge in [0.25, 0.3) is 0 Å². The van der Waals surface area contributed by atoms with E-state index in [2.05, 4.69) is 20.4 Å². The topological polar surface area (TPSA) is 64.7 Å². The third-order valence-corrected chi connectivity index (χ3v) is 5.03. The molecular weight excluding hydrogens is 304 g/mol. The summed E-state index contributed by atoms with van der Waals surface area (Å²) >= 11 is 0. The monoisotopic (exact) mass is 338 g/mol. The zero-order valence-corrected chi connectivity index (χ0v) is 15.0. The summed E-state index contributed by atoms with van der Waals surface area (Å²) in [4.78, 5) is 28.4. The molecular formula is C18H34N4O2. The summed E-state index contributed by atoms with van der Waals surface area (Å²) in [5, 5.41) is 5.48.